The topological polar surface area (TPSA) is 96.9 Å². The molecule has 1 aromatic rings. The van der Waals surface area contributed by atoms with Crippen molar-refractivity contribution in [1.29, 1.82) is 0 Å². The Balaban J connectivity index is 2.82. The molecule has 1 rings (SSSR count). The molecular formula is C10H17N5O2. The lowest BCUT2D eigenvalue weighted by molar-refractivity contribution is 0.196. The van der Waals surface area contributed by atoms with Crippen LogP contribution in [0.25, 0.3) is 0 Å². The highest BCUT2D eigenvalue weighted by Gasteiger charge is 2.12. The largest absolute Gasteiger partial charge is 0.409 e. The third-order valence-electron chi connectivity index (χ3n) is 2.29. The van der Waals surface area contributed by atoms with Crippen molar-refractivity contribution in [3.8, 4) is 0 Å². The number of hydrogen-bond acceptors (Lipinski definition) is 6. The van der Waals surface area contributed by atoms with E-state index in [0.717, 1.165) is 13.0 Å². The Kier molecular flexibility index (Phi) is 5.15. The van der Waals surface area contributed by atoms with Crippen LogP contribution in [0.3, 0.4) is 0 Å². The molecule has 1 aromatic heterocycles. The van der Waals surface area contributed by atoms with Crippen molar-refractivity contribution in [2.24, 2.45) is 10.9 Å². The zero-order valence-electron chi connectivity index (χ0n) is 10.00. The molecule has 7 nitrogen and oxygen atoms in total. The summed E-state index contributed by atoms with van der Waals surface area (Å²) in [6.45, 7) is 1.42. The van der Waals surface area contributed by atoms with Gasteiger partial charge in [-0.25, -0.2) is 0 Å². The van der Waals surface area contributed by atoms with Gasteiger partial charge in [-0.05, 0) is 12.5 Å². The van der Waals surface area contributed by atoms with Crippen molar-refractivity contribution in [1.82, 2.24) is 10.2 Å². The summed E-state index contributed by atoms with van der Waals surface area (Å²) in [7, 11) is 3.53. The van der Waals surface area contributed by atoms with Crippen LogP contribution in [0.2, 0.25) is 0 Å². The number of nitrogens with two attached hydrogens (primary N) is 1. The van der Waals surface area contributed by atoms with E-state index in [1.165, 1.54) is 6.20 Å². The molecule has 0 saturated heterocycles. The van der Waals surface area contributed by atoms with Crippen LogP contribution in [0.4, 0.5) is 5.82 Å². The molecule has 3 N–H and O–H groups in total. The van der Waals surface area contributed by atoms with Crippen LogP contribution < -0.4 is 10.6 Å². The first kappa shape index (κ1) is 13.2. The predicted octanol–water partition coefficient (Wildman–Crippen LogP) is 0.0438. The molecule has 0 radical (unpaired) electrons. The third-order valence-corrected chi connectivity index (χ3v) is 2.29. The fraction of sp³-hybridized carbons (Fsp3) is 0.500. The molecule has 0 saturated carbocycles. The monoisotopic (exact) mass is 239 g/mol. The Hall–Kier alpha value is -1.89. The quantitative estimate of drug-likeness (QED) is 0.239. The Morgan fingerprint density at radius 3 is 3.06 bits per heavy atom. The minimum Gasteiger partial charge on any atom is -0.409 e. The zero-order valence-corrected chi connectivity index (χ0v) is 10.00. The van der Waals surface area contributed by atoms with Gasteiger partial charge in [0.1, 0.15) is 0 Å². The van der Waals surface area contributed by atoms with E-state index >= 15 is 0 Å². The van der Waals surface area contributed by atoms with Crippen molar-refractivity contribution in [2.45, 2.75) is 6.42 Å². The Labute approximate surface area is 99.9 Å². The lowest BCUT2D eigenvalue weighted by Gasteiger charge is -2.19. The first-order chi connectivity index (χ1) is 8.20. The first-order valence-corrected chi connectivity index (χ1v) is 5.20. The van der Waals surface area contributed by atoms with E-state index in [1.807, 2.05) is 11.9 Å². The molecule has 0 unspecified atom stereocenters. The maximum absolute atomic E-state index is 8.68. The third kappa shape index (κ3) is 3.56. The smallest absolute Gasteiger partial charge is 0.173 e. The van der Waals surface area contributed by atoms with Crippen molar-refractivity contribution in [3.05, 3.63) is 17.8 Å². The van der Waals surface area contributed by atoms with E-state index in [2.05, 4.69) is 15.4 Å². The standard InChI is InChI=1S/C10H17N5O2/c1-15(6-3-7-17-2)10-8(9(11)14-16)4-5-12-13-10/h4-5,16H,3,6-7H2,1-2H3,(H2,11,14). The average Bonchev–Trinajstić information content (AvgIpc) is 2.38. The van der Waals surface area contributed by atoms with Crippen LogP contribution in [-0.4, -0.2) is 48.5 Å². The highest BCUT2D eigenvalue weighted by molar-refractivity contribution is 6.01. The molecule has 0 bridgehead atoms. The minimum absolute atomic E-state index is 0.0218. The van der Waals surface area contributed by atoms with Crippen molar-refractivity contribution < 1.29 is 9.94 Å². The van der Waals surface area contributed by atoms with Gasteiger partial charge in [0.15, 0.2) is 11.7 Å². The lowest BCUT2D eigenvalue weighted by atomic mass is 10.2. The van der Waals surface area contributed by atoms with Gasteiger partial charge in [0.05, 0.1) is 11.8 Å². The zero-order chi connectivity index (χ0) is 12.7. The van der Waals surface area contributed by atoms with Crippen molar-refractivity contribution >= 4 is 11.7 Å². The number of methoxy groups -OCH3 is 1. The van der Waals surface area contributed by atoms with Crippen LogP contribution in [0.15, 0.2) is 17.4 Å². The second-order valence-corrected chi connectivity index (χ2v) is 3.52. The van der Waals surface area contributed by atoms with Gasteiger partial charge in [-0.3, -0.25) is 0 Å². The molecular weight excluding hydrogens is 222 g/mol. The Bertz CT molecular complexity index is 383. The molecule has 0 fully saturated rings. The normalized spacial score (nSPS) is 11.5. The summed E-state index contributed by atoms with van der Waals surface area (Å²) in [6.07, 6.45) is 2.36. The molecule has 0 aliphatic carbocycles. The summed E-state index contributed by atoms with van der Waals surface area (Å²) in [5.74, 6) is 0.604. The molecule has 1 heterocycles. The molecule has 0 aliphatic rings. The predicted molar refractivity (Wildman–Crippen MR) is 64.3 cm³/mol. The summed E-state index contributed by atoms with van der Waals surface area (Å²) in [6, 6.07) is 1.66. The Morgan fingerprint density at radius 1 is 1.65 bits per heavy atom. The van der Waals surface area contributed by atoms with Gasteiger partial charge in [-0.15, -0.1) is 5.10 Å². The van der Waals surface area contributed by atoms with Crippen LogP contribution >= 0.6 is 0 Å². The SMILES string of the molecule is COCCCN(C)c1nnccc1/C(N)=N/O. The highest BCUT2D eigenvalue weighted by atomic mass is 16.5. The van der Waals surface area contributed by atoms with E-state index in [0.29, 0.717) is 18.0 Å². The summed E-state index contributed by atoms with van der Waals surface area (Å²) >= 11 is 0. The lowest BCUT2D eigenvalue weighted by Crippen LogP contribution is -2.26. The molecule has 0 atom stereocenters. The molecule has 7 heteroatoms. The van der Waals surface area contributed by atoms with E-state index in [9.17, 15) is 0 Å². The highest BCUT2D eigenvalue weighted by Crippen LogP contribution is 2.14. The summed E-state index contributed by atoms with van der Waals surface area (Å²) < 4.78 is 4.98. The number of amidine groups is 1. The van der Waals surface area contributed by atoms with E-state index in [-0.39, 0.29) is 5.84 Å². The van der Waals surface area contributed by atoms with E-state index in [4.69, 9.17) is 15.7 Å². The summed E-state index contributed by atoms with van der Waals surface area (Å²) in [5, 5.41) is 19.4. The molecule has 0 spiro atoms. The minimum atomic E-state index is 0.0218. The summed E-state index contributed by atoms with van der Waals surface area (Å²) in [5.41, 5.74) is 6.13. The van der Waals surface area contributed by atoms with Crippen molar-refractivity contribution in [3.63, 3.8) is 0 Å². The number of anilines is 1. The first-order valence-electron chi connectivity index (χ1n) is 5.20. The fourth-order valence-corrected chi connectivity index (χ4v) is 1.41. The number of nitrogens with zero attached hydrogens (tertiary/aromatic N) is 4. The number of hydrogen-bond donors (Lipinski definition) is 2. The fourth-order valence-electron chi connectivity index (χ4n) is 1.41. The van der Waals surface area contributed by atoms with E-state index < -0.39 is 0 Å². The van der Waals surface area contributed by atoms with Gasteiger partial charge in [0.25, 0.3) is 0 Å². The van der Waals surface area contributed by atoms with Gasteiger partial charge >= 0.3 is 0 Å². The van der Waals surface area contributed by atoms with Crippen LogP contribution in [0.1, 0.15) is 12.0 Å². The van der Waals surface area contributed by atoms with Gasteiger partial charge in [0.2, 0.25) is 0 Å². The molecule has 0 amide bonds. The Morgan fingerprint density at radius 2 is 2.41 bits per heavy atom. The number of aromatic nitrogens is 2. The van der Waals surface area contributed by atoms with Gasteiger partial charge in [-0.2, -0.15) is 5.10 Å². The van der Waals surface area contributed by atoms with Gasteiger partial charge in [0, 0.05) is 27.3 Å². The average molecular weight is 239 g/mol. The number of ether oxygens (including phenoxy) is 1. The molecule has 0 aromatic carbocycles. The van der Waals surface area contributed by atoms with Gasteiger partial charge in [-0.1, -0.05) is 5.16 Å². The second-order valence-electron chi connectivity index (χ2n) is 3.52. The number of oxime groups is 1. The molecule has 94 valence electrons. The van der Waals surface area contributed by atoms with Crippen LogP contribution in [0.5, 0.6) is 0 Å². The summed E-state index contributed by atoms with van der Waals surface area (Å²) in [4.78, 5) is 1.89. The van der Waals surface area contributed by atoms with E-state index in [1.54, 1.807) is 13.2 Å². The molecule has 0 aliphatic heterocycles. The molecule has 17 heavy (non-hydrogen) atoms. The number of rotatable bonds is 6. The second kappa shape index (κ2) is 6.64. The maximum atomic E-state index is 8.68. The van der Waals surface area contributed by atoms with Crippen LogP contribution in [0, 0.1) is 0 Å². The van der Waals surface area contributed by atoms with Gasteiger partial charge < -0.3 is 20.6 Å². The maximum Gasteiger partial charge on any atom is 0.173 e. The van der Waals surface area contributed by atoms with Crippen LogP contribution in [-0.2, 0) is 4.74 Å². The van der Waals surface area contributed by atoms with Crippen molar-refractivity contribution in [2.75, 3.05) is 32.2 Å².